The first-order valence-electron chi connectivity index (χ1n) is 9.03. The zero-order valence-corrected chi connectivity index (χ0v) is 15.5. The van der Waals surface area contributed by atoms with Gasteiger partial charge in [0.05, 0.1) is 5.75 Å². The molecule has 0 unspecified atom stereocenters. The monoisotopic (exact) mass is 359 g/mol. The van der Waals surface area contributed by atoms with Crippen molar-refractivity contribution in [2.75, 3.05) is 5.75 Å². The minimum absolute atomic E-state index is 0.0908. The smallest absolute Gasteiger partial charge is 0.230 e. The summed E-state index contributed by atoms with van der Waals surface area (Å²) in [5.41, 5.74) is 0.985. The van der Waals surface area contributed by atoms with Gasteiger partial charge in [-0.3, -0.25) is 9.78 Å². The molecule has 3 rings (SSSR count). The van der Waals surface area contributed by atoms with Crippen LogP contribution >= 0.6 is 11.8 Å². The SMILES string of the molecule is CCn1c(SCC(=O)NC2CCCCCC2)nnc1-c1ccncc1. The standard InChI is InChI=1S/C18H25N5OS/c1-2-23-17(14-9-11-19-12-10-14)21-22-18(23)25-13-16(24)20-15-7-5-3-4-6-8-15/h9-12,15H,2-8,13H2,1H3,(H,20,24). The lowest BCUT2D eigenvalue weighted by molar-refractivity contribution is -0.119. The van der Waals surface area contributed by atoms with E-state index < -0.39 is 0 Å². The fraction of sp³-hybridized carbons (Fsp3) is 0.556. The molecule has 1 saturated carbocycles. The quantitative estimate of drug-likeness (QED) is 0.633. The van der Waals surface area contributed by atoms with Crippen LogP contribution in [0.4, 0.5) is 0 Å². The van der Waals surface area contributed by atoms with E-state index in [1.54, 1.807) is 12.4 Å². The van der Waals surface area contributed by atoms with Crippen molar-refractivity contribution in [2.24, 2.45) is 0 Å². The first-order valence-corrected chi connectivity index (χ1v) is 10.0. The molecule has 0 bridgehead atoms. The Labute approximate surface area is 152 Å². The van der Waals surface area contributed by atoms with E-state index in [4.69, 9.17) is 0 Å². The third-order valence-electron chi connectivity index (χ3n) is 4.52. The molecule has 1 aliphatic carbocycles. The van der Waals surface area contributed by atoms with Gasteiger partial charge >= 0.3 is 0 Å². The van der Waals surface area contributed by atoms with Crippen molar-refractivity contribution in [3.63, 3.8) is 0 Å². The number of amides is 1. The van der Waals surface area contributed by atoms with Crippen LogP contribution < -0.4 is 5.32 Å². The second-order valence-corrected chi connectivity index (χ2v) is 7.27. The van der Waals surface area contributed by atoms with Crippen LogP contribution in [0.2, 0.25) is 0 Å². The summed E-state index contributed by atoms with van der Waals surface area (Å²) in [6, 6.07) is 4.18. The van der Waals surface area contributed by atoms with Crippen molar-refractivity contribution in [1.82, 2.24) is 25.1 Å². The van der Waals surface area contributed by atoms with Crippen molar-refractivity contribution in [3.05, 3.63) is 24.5 Å². The molecular formula is C18H25N5OS. The van der Waals surface area contributed by atoms with Gasteiger partial charge in [0.15, 0.2) is 11.0 Å². The maximum absolute atomic E-state index is 12.3. The Kier molecular flexibility index (Phi) is 6.44. The Morgan fingerprint density at radius 1 is 1.20 bits per heavy atom. The Hall–Kier alpha value is -1.89. The summed E-state index contributed by atoms with van der Waals surface area (Å²) in [5.74, 6) is 1.29. The summed E-state index contributed by atoms with van der Waals surface area (Å²) in [6.45, 7) is 2.82. The summed E-state index contributed by atoms with van der Waals surface area (Å²) in [4.78, 5) is 16.3. The molecule has 2 aromatic rings. The molecule has 25 heavy (non-hydrogen) atoms. The molecule has 6 nitrogen and oxygen atoms in total. The van der Waals surface area contributed by atoms with Gasteiger partial charge in [0.25, 0.3) is 0 Å². The third kappa shape index (κ3) is 4.81. The molecule has 1 amide bonds. The first-order chi connectivity index (χ1) is 12.3. The average Bonchev–Trinajstić information content (AvgIpc) is 2.89. The highest BCUT2D eigenvalue weighted by Crippen LogP contribution is 2.23. The highest BCUT2D eigenvalue weighted by molar-refractivity contribution is 7.99. The topological polar surface area (TPSA) is 72.7 Å². The van der Waals surface area contributed by atoms with Crippen LogP contribution in [0.25, 0.3) is 11.4 Å². The second-order valence-electron chi connectivity index (χ2n) is 6.33. The predicted octanol–water partition coefficient (Wildman–Crippen LogP) is 3.29. The Morgan fingerprint density at radius 3 is 2.60 bits per heavy atom. The summed E-state index contributed by atoms with van der Waals surface area (Å²) in [6.07, 6.45) is 10.7. The third-order valence-corrected chi connectivity index (χ3v) is 5.49. The van der Waals surface area contributed by atoms with Gasteiger partial charge in [-0.15, -0.1) is 10.2 Å². The van der Waals surface area contributed by atoms with E-state index in [9.17, 15) is 4.79 Å². The minimum atomic E-state index is 0.0908. The van der Waals surface area contributed by atoms with Gasteiger partial charge in [-0.05, 0) is 31.9 Å². The van der Waals surface area contributed by atoms with Crippen molar-refractivity contribution in [1.29, 1.82) is 0 Å². The number of hydrogen-bond donors (Lipinski definition) is 1. The predicted molar refractivity (Wildman–Crippen MR) is 99.3 cm³/mol. The van der Waals surface area contributed by atoms with Gasteiger partial charge in [-0.25, -0.2) is 0 Å². The summed E-state index contributed by atoms with van der Waals surface area (Å²) in [7, 11) is 0. The van der Waals surface area contributed by atoms with Crippen LogP contribution in [-0.4, -0.2) is 37.5 Å². The van der Waals surface area contributed by atoms with E-state index in [-0.39, 0.29) is 5.91 Å². The average molecular weight is 359 g/mol. The van der Waals surface area contributed by atoms with Gasteiger partial charge in [0, 0.05) is 30.5 Å². The van der Waals surface area contributed by atoms with Crippen molar-refractivity contribution >= 4 is 17.7 Å². The molecule has 1 aliphatic rings. The van der Waals surface area contributed by atoms with Crippen LogP contribution in [0.1, 0.15) is 45.4 Å². The lowest BCUT2D eigenvalue weighted by atomic mass is 10.1. The number of aromatic nitrogens is 4. The maximum atomic E-state index is 12.3. The Balaban J connectivity index is 1.59. The highest BCUT2D eigenvalue weighted by atomic mass is 32.2. The van der Waals surface area contributed by atoms with Gasteiger partial charge < -0.3 is 9.88 Å². The number of nitrogens with one attached hydrogen (secondary N) is 1. The van der Waals surface area contributed by atoms with Gasteiger partial charge in [0.1, 0.15) is 0 Å². The Morgan fingerprint density at radius 2 is 1.92 bits per heavy atom. The molecule has 134 valence electrons. The van der Waals surface area contributed by atoms with Crippen LogP contribution in [0.3, 0.4) is 0 Å². The van der Waals surface area contributed by atoms with E-state index in [2.05, 4.69) is 27.4 Å². The van der Waals surface area contributed by atoms with Crippen molar-refractivity contribution in [3.8, 4) is 11.4 Å². The molecule has 7 heteroatoms. The number of thioether (sulfide) groups is 1. The summed E-state index contributed by atoms with van der Waals surface area (Å²) in [5, 5.41) is 12.5. The molecule has 0 spiro atoms. The largest absolute Gasteiger partial charge is 0.353 e. The fourth-order valence-electron chi connectivity index (χ4n) is 3.22. The number of hydrogen-bond acceptors (Lipinski definition) is 5. The van der Waals surface area contributed by atoms with Crippen LogP contribution in [-0.2, 0) is 11.3 Å². The molecule has 0 radical (unpaired) electrons. The van der Waals surface area contributed by atoms with Crippen LogP contribution in [0, 0.1) is 0 Å². The summed E-state index contributed by atoms with van der Waals surface area (Å²) >= 11 is 1.45. The highest BCUT2D eigenvalue weighted by Gasteiger charge is 2.17. The molecule has 0 saturated heterocycles. The molecule has 0 atom stereocenters. The number of rotatable bonds is 6. The minimum Gasteiger partial charge on any atom is -0.353 e. The number of pyridine rings is 1. The van der Waals surface area contributed by atoms with Gasteiger partial charge in [-0.2, -0.15) is 0 Å². The van der Waals surface area contributed by atoms with Crippen LogP contribution in [0.5, 0.6) is 0 Å². The van der Waals surface area contributed by atoms with Crippen LogP contribution in [0.15, 0.2) is 29.7 Å². The van der Waals surface area contributed by atoms with E-state index in [0.717, 1.165) is 35.9 Å². The van der Waals surface area contributed by atoms with Crippen molar-refractivity contribution < 1.29 is 4.79 Å². The van der Waals surface area contributed by atoms with Crippen molar-refractivity contribution in [2.45, 2.75) is 63.2 Å². The molecule has 1 fully saturated rings. The Bertz CT molecular complexity index is 680. The zero-order valence-electron chi connectivity index (χ0n) is 14.6. The molecule has 2 heterocycles. The normalized spacial score (nSPS) is 15.7. The van der Waals surface area contributed by atoms with E-state index in [0.29, 0.717) is 11.8 Å². The van der Waals surface area contributed by atoms with E-state index in [1.807, 2.05) is 16.7 Å². The van der Waals surface area contributed by atoms with E-state index >= 15 is 0 Å². The molecular weight excluding hydrogens is 334 g/mol. The first kappa shape index (κ1) is 17.9. The molecule has 2 aromatic heterocycles. The van der Waals surface area contributed by atoms with Gasteiger partial charge in [-0.1, -0.05) is 37.4 Å². The second kappa shape index (κ2) is 8.99. The molecule has 0 aromatic carbocycles. The lowest BCUT2D eigenvalue weighted by Gasteiger charge is -2.16. The molecule has 0 aliphatic heterocycles. The number of carbonyl (C=O) groups is 1. The molecule has 1 N–H and O–H groups in total. The zero-order chi connectivity index (χ0) is 17.5. The fourth-order valence-corrected chi connectivity index (χ4v) is 4.03. The summed E-state index contributed by atoms with van der Waals surface area (Å²) < 4.78 is 2.04. The maximum Gasteiger partial charge on any atom is 0.230 e. The number of nitrogens with zero attached hydrogens (tertiary/aromatic N) is 4. The van der Waals surface area contributed by atoms with Gasteiger partial charge in [0.2, 0.25) is 5.91 Å². The lowest BCUT2D eigenvalue weighted by Crippen LogP contribution is -2.35. The number of carbonyl (C=O) groups excluding carboxylic acids is 1. The van der Waals surface area contributed by atoms with E-state index in [1.165, 1.54) is 37.4 Å².